The highest BCUT2D eigenvalue weighted by Gasteiger charge is 2.31. The number of nitrogens with zero attached hydrogens (tertiary/aromatic N) is 4. The van der Waals surface area contributed by atoms with Crippen LogP contribution >= 0.6 is 0 Å². The molecule has 0 aliphatic carbocycles. The molecule has 41 heavy (non-hydrogen) atoms. The van der Waals surface area contributed by atoms with Gasteiger partial charge in [-0.15, -0.1) is 0 Å². The van der Waals surface area contributed by atoms with Gasteiger partial charge < -0.3 is 14.7 Å². The minimum absolute atomic E-state index is 0.0999. The molecule has 0 atom stereocenters. The van der Waals surface area contributed by atoms with Crippen LogP contribution in [0.15, 0.2) is 60.8 Å². The molecule has 3 heterocycles. The van der Waals surface area contributed by atoms with E-state index in [0.717, 1.165) is 71.0 Å². The Labute approximate surface area is 240 Å². The average Bonchev–Trinajstić information content (AvgIpc) is 3.37. The van der Waals surface area contributed by atoms with Crippen molar-refractivity contribution in [2.75, 3.05) is 24.6 Å². The van der Waals surface area contributed by atoms with Crippen molar-refractivity contribution in [3.8, 4) is 28.3 Å². The maximum atomic E-state index is 13.2. The molecular formula is C33H37FN4O3. The van der Waals surface area contributed by atoms with Crippen LogP contribution in [0.4, 0.5) is 10.1 Å². The van der Waals surface area contributed by atoms with E-state index >= 15 is 0 Å². The fraction of sp³-hybridized carbons (Fsp3) is 0.364. The number of carboxylic acid groups (broad SMARTS) is 1. The number of benzene rings is 2. The number of halogens is 1. The van der Waals surface area contributed by atoms with Crippen molar-refractivity contribution in [1.29, 1.82) is 0 Å². The molecule has 5 rings (SSSR count). The van der Waals surface area contributed by atoms with E-state index in [-0.39, 0.29) is 17.7 Å². The smallest absolute Gasteiger partial charge is 0.307 e. The first-order valence-corrected chi connectivity index (χ1v) is 14.1. The van der Waals surface area contributed by atoms with Gasteiger partial charge in [-0.1, -0.05) is 38.1 Å². The lowest BCUT2D eigenvalue weighted by Crippen LogP contribution is -2.38. The largest absolute Gasteiger partial charge is 0.493 e. The summed E-state index contributed by atoms with van der Waals surface area (Å²) in [6.07, 6.45) is 4.35. The van der Waals surface area contributed by atoms with Crippen molar-refractivity contribution < 1.29 is 19.0 Å². The third kappa shape index (κ3) is 6.42. The fourth-order valence-corrected chi connectivity index (χ4v) is 5.49. The minimum Gasteiger partial charge on any atom is -0.493 e. The number of carboxylic acids is 1. The predicted molar refractivity (Wildman–Crippen MR) is 159 cm³/mol. The molecule has 1 aliphatic rings. The Hall–Kier alpha value is -4.20. The normalized spacial score (nSPS) is 14.7. The Morgan fingerprint density at radius 1 is 1.05 bits per heavy atom. The van der Waals surface area contributed by atoms with Crippen LogP contribution in [0, 0.1) is 18.2 Å². The van der Waals surface area contributed by atoms with Gasteiger partial charge in [0.05, 0.1) is 30.1 Å². The number of ether oxygens (including phenoxy) is 1. The van der Waals surface area contributed by atoms with Gasteiger partial charge in [0.1, 0.15) is 11.6 Å². The molecular weight excluding hydrogens is 519 g/mol. The third-order valence-corrected chi connectivity index (χ3v) is 8.02. The molecule has 1 aliphatic heterocycles. The van der Waals surface area contributed by atoms with Crippen LogP contribution in [0.3, 0.4) is 0 Å². The molecule has 8 heteroatoms. The molecule has 7 nitrogen and oxygen atoms in total. The number of anilines is 1. The number of carbonyl (C=O) groups is 1. The van der Waals surface area contributed by atoms with Gasteiger partial charge in [-0.25, -0.2) is 4.39 Å². The number of piperidine rings is 1. The molecule has 1 N–H and O–H groups in total. The molecule has 1 fully saturated rings. The monoisotopic (exact) mass is 556 g/mol. The summed E-state index contributed by atoms with van der Waals surface area (Å²) in [4.78, 5) is 19.4. The van der Waals surface area contributed by atoms with Crippen LogP contribution in [-0.4, -0.2) is 45.5 Å². The Balaban J connectivity index is 1.55. The number of aliphatic carboxylic acids is 1. The van der Waals surface area contributed by atoms with Crippen molar-refractivity contribution in [3.05, 3.63) is 83.4 Å². The van der Waals surface area contributed by atoms with Gasteiger partial charge in [0.2, 0.25) is 0 Å². The summed E-state index contributed by atoms with van der Waals surface area (Å²) in [5.74, 6) is -0.400. The quantitative estimate of drug-likeness (QED) is 0.255. The van der Waals surface area contributed by atoms with E-state index in [4.69, 9.17) is 9.72 Å². The van der Waals surface area contributed by atoms with Gasteiger partial charge in [-0.3, -0.25) is 14.5 Å². The first kappa shape index (κ1) is 28.3. The van der Waals surface area contributed by atoms with Crippen LogP contribution in [0.5, 0.6) is 5.75 Å². The van der Waals surface area contributed by atoms with Gasteiger partial charge in [-0.2, -0.15) is 5.10 Å². The third-order valence-electron chi connectivity index (χ3n) is 8.02. The molecule has 0 amide bonds. The fourth-order valence-electron chi connectivity index (χ4n) is 5.49. The number of aromatic nitrogens is 3. The predicted octanol–water partition coefficient (Wildman–Crippen LogP) is 6.47. The van der Waals surface area contributed by atoms with Gasteiger partial charge in [0.25, 0.3) is 0 Å². The van der Waals surface area contributed by atoms with E-state index in [9.17, 15) is 14.3 Å². The topological polar surface area (TPSA) is 80.5 Å². The second kappa shape index (κ2) is 11.7. The van der Waals surface area contributed by atoms with E-state index in [1.165, 1.54) is 12.1 Å². The van der Waals surface area contributed by atoms with Crippen molar-refractivity contribution in [1.82, 2.24) is 14.8 Å². The van der Waals surface area contributed by atoms with Crippen LogP contribution < -0.4 is 9.64 Å². The summed E-state index contributed by atoms with van der Waals surface area (Å²) >= 11 is 0. The van der Waals surface area contributed by atoms with Crippen molar-refractivity contribution in [2.24, 2.45) is 12.5 Å². The first-order chi connectivity index (χ1) is 19.6. The Kier molecular flexibility index (Phi) is 8.10. The second-order valence-corrected chi connectivity index (χ2v) is 11.6. The lowest BCUT2D eigenvalue weighted by molar-refractivity contribution is -0.136. The van der Waals surface area contributed by atoms with Gasteiger partial charge in [0.15, 0.2) is 0 Å². The SMILES string of the molecule is Cc1nc(-c2ccnn2C)c(-c2ccc(OCCc3ccc(F)cc3)cc2)c(N2CCC(C)(C)CC2)c1CC(=O)O. The van der Waals surface area contributed by atoms with Gasteiger partial charge >= 0.3 is 5.97 Å². The van der Waals surface area contributed by atoms with E-state index in [1.54, 1.807) is 23.0 Å². The van der Waals surface area contributed by atoms with Crippen LogP contribution in [0.1, 0.15) is 43.5 Å². The van der Waals surface area contributed by atoms with Gasteiger partial charge in [-0.05, 0) is 66.6 Å². The highest BCUT2D eigenvalue weighted by Crippen LogP contribution is 2.44. The zero-order chi connectivity index (χ0) is 29.1. The number of aryl methyl sites for hydroxylation is 2. The maximum absolute atomic E-state index is 13.2. The molecule has 2 aromatic heterocycles. The van der Waals surface area contributed by atoms with E-state index < -0.39 is 5.97 Å². The van der Waals surface area contributed by atoms with Gasteiger partial charge in [0, 0.05) is 49.6 Å². The zero-order valence-corrected chi connectivity index (χ0v) is 24.2. The van der Waals surface area contributed by atoms with E-state index in [2.05, 4.69) is 23.8 Å². The number of hydrogen-bond acceptors (Lipinski definition) is 5. The first-order valence-electron chi connectivity index (χ1n) is 14.1. The molecule has 0 radical (unpaired) electrons. The summed E-state index contributed by atoms with van der Waals surface area (Å²) in [5, 5.41) is 14.3. The molecule has 4 aromatic rings. The van der Waals surface area contributed by atoms with E-state index in [1.807, 2.05) is 44.3 Å². The lowest BCUT2D eigenvalue weighted by atomic mass is 9.82. The summed E-state index contributed by atoms with van der Waals surface area (Å²) in [6.45, 7) is 8.62. The summed E-state index contributed by atoms with van der Waals surface area (Å²) in [7, 11) is 1.89. The van der Waals surface area contributed by atoms with Crippen molar-refractivity contribution in [3.63, 3.8) is 0 Å². The molecule has 214 valence electrons. The average molecular weight is 557 g/mol. The Morgan fingerprint density at radius 3 is 2.34 bits per heavy atom. The summed E-state index contributed by atoms with van der Waals surface area (Å²) in [6, 6.07) is 16.3. The van der Waals surface area contributed by atoms with Crippen molar-refractivity contribution >= 4 is 11.7 Å². The second-order valence-electron chi connectivity index (χ2n) is 11.6. The summed E-state index contributed by atoms with van der Waals surface area (Å²) < 4.78 is 21.0. The standard InChI is InChI=1S/C33H37FN4O3/c1-22-27(21-29(39)40)32(38-18-15-33(2,3)16-19-38)30(31(36-22)28-13-17-35-37(28)4)24-7-11-26(12-8-24)41-20-14-23-5-9-25(34)10-6-23/h5-13,17H,14-16,18-21H2,1-4H3,(H,39,40). The highest BCUT2D eigenvalue weighted by atomic mass is 19.1. The van der Waals surface area contributed by atoms with E-state index in [0.29, 0.717) is 18.7 Å². The highest BCUT2D eigenvalue weighted by molar-refractivity contribution is 5.93. The van der Waals surface area contributed by atoms with Crippen LogP contribution in [-0.2, 0) is 24.7 Å². The lowest BCUT2D eigenvalue weighted by Gasteiger charge is -2.40. The number of pyridine rings is 1. The molecule has 1 saturated heterocycles. The number of hydrogen-bond donors (Lipinski definition) is 1. The van der Waals surface area contributed by atoms with Crippen LogP contribution in [0.2, 0.25) is 0 Å². The molecule has 0 unspecified atom stereocenters. The summed E-state index contributed by atoms with van der Waals surface area (Å²) in [5.41, 5.74) is 7.14. The molecule has 0 saturated carbocycles. The molecule has 0 spiro atoms. The Morgan fingerprint density at radius 2 is 1.73 bits per heavy atom. The zero-order valence-electron chi connectivity index (χ0n) is 24.2. The molecule has 0 bridgehead atoms. The minimum atomic E-state index is -0.877. The number of rotatable bonds is 9. The van der Waals surface area contributed by atoms with Crippen molar-refractivity contribution in [2.45, 2.75) is 46.5 Å². The molecule has 2 aromatic carbocycles. The maximum Gasteiger partial charge on any atom is 0.307 e. The Bertz CT molecular complexity index is 1520. The van der Waals surface area contributed by atoms with Crippen LogP contribution in [0.25, 0.3) is 22.5 Å².